The van der Waals surface area contributed by atoms with Gasteiger partial charge in [0.05, 0.1) is 0 Å². The zero-order valence-corrected chi connectivity index (χ0v) is 6.93. The van der Waals surface area contributed by atoms with Gasteiger partial charge in [-0.2, -0.15) is 0 Å². The fourth-order valence-corrected chi connectivity index (χ4v) is 0. The van der Waals surface area contributed by atoms with Gasteiger partial charge in [-0.15, -0.1) is 0 Å². The molecule has 0 amide bonds. The van der Waals surface area contributed by atoms with Crippen molar-refractivity contribution in [1.82, 2.24) is 0 Å². The van der Waals surface area contributed by atoms with Gasteiger partial charge in [-0.25, -0.2) is 0 Å². The van der Waals surface area contributed by atoms with Crippen molar-refractivity contribution in [2.75, 3.05) is 0 Å². The van der Waals surface area contributed by atoms with Crippen LogP contribution in [0.15, 0.2) is 0 Å². The SMILES string of the molecule is O[Si](O)(O)O.[Ce].[LiH]. The summed E-state index contributed by atoms with van der Waals surface area (Å²) in [6.45, 7) is 0. The summed E-state index contributed by atoms with van der Waals surface area (Å²) in [5.41, 5.74) is 0. The van der Waals surface area contributed by atoms with E-state index in [0.717, 1.165) is 0 Å². The Bertz CT molecular complexity index is 27.2. The van der Waals surface area contributed by atoms with Crippen LogP contribution >= 0.6 is 0 Å². The van der Waals surface area contributed by atoms with E-state index >= 15 is 0 Å². The second-order valence-corrected chi connectivity index (χ2v) is 1.80. The Balaban J connectivity index is -0.0000000800. The van der Waals surface area contributed by atoms with E-state index in [1.165, 1.54) is 0 Å². The van der Waals surface area contributed by atoms with E-state index in [4.69, 9.17) is 19.2 Å². The topological polar surface area (TPSA) is 80.9 Å². The molecule has 4 N–H and O–H groups in total. The Morgan fingerprint density at radius 3 is 0.857 bits per heavy atom. The van der Waals surface area contributed by atoms with Gasteiger partial charge in [0.25, 0.3) is 0 Å². The third-order valence-corrected chi connectivity index (χ3v) is 0. The van der Waals surface area contributed by atoms with Crippen LogP contribution in [0.2, 0.25) is 0 Å². The Morgan fingerprint density at radius 1 is 0.857 bits per heavy atom. The van der Waals surface area contributed by atoms with Gasteiger partial charge in [0, 0.05) is 41.7 Å². The number of hydrogen-bond donors (Lipinski definition) is 4. The molecular formula is H5CeLiO4Si. The number of rotatable bonds is 0. The molecular weight excluding hydrogens is 239 g/mol. The fraction of sp³-hybridized carbons (Fsp3) is 0. The van der Waals surface area contributed by atoms with E-state index in [1.54, 1.807) is 0 Å². The van der Waals surface area contributed by atoms with Crippen molar-refractivity contribution in [3.8, 4) is 0 Å². The first-order valence-corrected chi connectivity index (χ1v) is 2.68. The summed E-state index contributed by atoms with van der Waals surface area (Å²) in [6.07, 6.45) is 0. The molecule has 0 spiro atoms. The summed E-state index contributed by atoms with van der Waals surface area (Å²) in [5, 5.41) is 0. The van der Waals surface area contributed by atoms with Crippen molar-refractivity contribution in [3.63, 3.8) is 0 Å². The van der Waals surface area contributed by atoms with E-state index in [1.807, 2.05) is 0 Å². The van der Waals surface area contributed by atoms with Gasteiger partial charge in [-0.1, -0.05) is 0 Å². The molecule has 0 aliphatic rings. The van der Waals surface area contributed by atoms with Crippen LogP contribution in [-0.4, -0.2) is 47.1 Å². The first-order valence-electron chi connectivity index (χ1n) is 0.894. The zero-order chi connectivity index (χ0) is 4.50. The molecule has 7 heteroatoms. The summed E-state index contributed by atoms with van der Waals surface area (Å²) in [7, 11) is -4.61. The van der Waals surface area contributed by atoms with Crippen molar-refractivity contribution in [2.24, 2.45) is 0 Å². The van der Waals surface area contributed by atoms with E-state index in [-0.39, 0.29) is 60.6 Å². The maximum absolute atomic E-state index is 7.33. The van der Waals surface area contributed by atoms with Crippen LogP contribution in [0.5, 0.6) is 0 Å². The third kappa shape index (κ3) is 70.8. The standard InChI is InChI=1S/Ce.Li.H4O4Si.H/c;;1-5(2,3)4;/h;;1-4H;. The van der Waals surface area contributed by atoms with Crippen LogP contribution in [0, 0.1) is 41.7 Å². The molecule has 7 heavy (non-hydrogen) atoms. The molecule has 4 nitrogen and oxygen atoms in total. The summed E-state index contributed by atoms with van der Waals surface area (Å²) in [4.78, 5) is 29.3. The summed E-state index contributed by atoms with van der Waals surface area (Å²) >= 11 is 0. The molecule has 0 atom stereocenters. The molecule has 0 aromatic carbocycles. The first-order chi connectivity index (χ1) is 2.00. The molecule has 0 rings (SSSR count). The molecule has 0 saturated carbocycles. The summed E-state index contributed by atoms with van der Waals surface area (Å²) in [5.74, 6) is 0. The van der Waals surface area contributed by atoms with Crippen LogP contribution in [-0.2, 0) is 0 Å². The van der Waals surface area contributed by atoms with Crippen LogP contribution in [0.25, 0.3) is 0 Å². The van der Waals surface area contributed by atoms with Gasteiger partial charge < -0.3 is 19.2 Å². The summed E-state index contributed by atoms with van der Waals surface area (Å²) < 4.78 is 0. The Kier molecular flexibility index (Phi) is 14.1. The molecule has 0 bridgehead atoms. The van der Waals surface area contributed by atoms with E-state index in [0.29, 0.717) is 0 Å². The molecule has 0 unspecified atom stereocenters. The Hall–Kier alpha value is 2.03. The van der Waals surface area contributed by atoms with Gasteiger partial charge in [0.2, 0.25) is 0 Å². The average Bonchev–Trinajstić information content (AvgIpc) is 0.722. The Morgan fingerprint density at radius 2 is 0.857 bits per heavy atom. The minimum atomic E-state index is -4.61. The van der Waals surface area contributed by atoms with E-state index in [2.05, 4.69) is 0 Å². The van der Waals surface area contributed by atoms with Crippen molar-refractivity contribution in [1.29, 1.82) is 0 Å². The average molecular weight is 244 g/mol. The number of hydrogen-bond acceptors (Lipinski definition) is 4. The van der Waals surface area contributed by atoms with Crippen molar-refractivity contribution in [2.45, 2.75) is 0 Å². The van der Waals surface area contributed by atoms with Crippen LogP contribution in [0.1, 0.15) is 0 Å². The molecule has 0 saturated heterocycles. The van der Waals surface area contributed by atoms with E-state index < -0.39 is 9.05 Å². The van der Waals surface area contributed by atoms with E-state index in [9.17, 15) is 0 Å². The summed E-state index contributed by atoms with van der Waals surface area (Å²) in [6, 6.07) is 0. The molecule has 0 radical (unpaired) electrons. The second kappa shape index (κ2) is 6.16. The van der Waals surface area contributed by atoms with Gasteiger partial charge in [-0.3, -0.25) is 0 Å². The normalized spacial score (nSPS) is 8.57. The van der Waals surface area contributed by atoms with Crippen LogP contribution in [0.3, 0.4) is 0 Å². The molecule has 0 aliphatic carbocycles. The van der Waals surface area contributed by atoms with Crippen molar-refractivity contribution < 1.29 is 60.9 Å². The molecule has 0 aromatic heterocycles. The van der Waals surface area contributed by atoms with Gasteiger partial charge in [-0.05, 0) is 0 Å². The van der Waals surface area contributed by atoms with Gasteiger partial charge in [0.15, 0.2) is 0 Å². The molecule has 0 heterocycles. The third-order valence-electron chi connectivity index (χ3n) is 0. The second-order valence-electron chi connectivity index (χ2n) is 0.600. The van der Waals surface area contributed by atoms with Crippen molar-refractivity contribution >= 4 is 27.9 Å². The van der Waals surface area contributed by atoms with Crippen LogP contribution < -0.4 is 0 Å². The predicted molar refractivity (Wildman–Crippen MR) is 21.8 cm³/mol. The quantitative estimate of drug-likeness (QED) is 0.337. The van der Waals surface area contributed by atoms with Gasteiger partial charge >= 0.3 is 27.9 Å². The van der Waals surface area contributed by atoms with Crippen LogP contribution in [0.4, 0.5) is 0 Å². The van der Waals surface area contributed by atoms with Gasteiger partial charge in [0.1, 0.15) is 0 Å². The predicted octanol–water partition coefficient (Wildman–Crippen LogP) is -3.26. The maximum atomic E-state index is 7.33. The molecule has 0 aliphatic heterocycles. The fourth-order valence-electron chi connectivity index (χ4n) is 0. The van der Waals surface area contributed by atoms with Crippen molar-refractivity contribution in [3.05, 3.63) is 0 Å². The first kappa shape index (κ1) is 16.0. The minimum absolute atomic E-state index is 0. The molecule has 0 aromatic rings. The monoisotopic (exact) mass is 244 g/mol. The molecule has 38 valence electrons. The zero-order valence-electron chi connectivity index (χ0n) is 2.79. The Labute approximate surface area is 87.6 Å². The molecule has 0 fully saturated rings.